The zero-order valence-corrected chi connectivity index (χ0v) is 13.2. The highest BCUT2D eigenvalue weighted by atomic mass is 79.9. The Labute approximate surface area is 124 Å². The molecule has 1 aliphatic carbocycles. The molecule has 19 heavy (non-hydrogen) atoms. The van der Waals surface area contributed by atoms with Gasteiger partial charge in [-0.05, 0) is 49.3 Å². The lowest BCUT2D eigenvalue weighted by atomic mass is 9.99. The summed E-state index contributed by atoms with van der Waals surface area (Å²) in [6.45, 7) is 5.75. The second-order valence-electron chi connectivity index (χ2n) is 6.12. The highest BCUT2D eigenvalue weighted by Crippen LogP contribution is 2.28. The van der Waals surface area contributed by atoms with Gasteiger partial charge >= 0.3 is 0 Å². The van der Waals surface area contributed by atoms with Crippen molar-refractivity contribution in [1.82, 2.24) is 5.32 Å². The maximum atomic E-state index is 3.73. The molecule has 0 radical (unpaired) electrons. The minimum absolute atomic E-state index is 0.773. The number of piperidine rings is 1. The molecular weight excluding hydrogens is 300 g/mol. The SMILES string of the molecule is CC1CCCN(c2ccc(CNC3CC3)c(Br)c2)C1. The van der Waals surface area contributed by atoms with Crippen LogP contribution in [0.5, 0.6) is 0 Å². The number of benzene rings is 1. The van der Waals surface area contributed by atoms with Gasteiger partial charge in [0.2, 0.25) is 0 Å². The smallest absolute Gasteiger partial charge is 0.0377 e. The number of hydrogen-bond donors (Lipinski definition) is 1. The van der Waals surface area contributed by atoms with Crippen LogP contribution in [-0.4, -0.2) is 19.1 Å². The van der Waals surface area contributed by atoms with E-state index in [-0.39, 0.29) is 0 Å². The fraction of sp³-hybridized carbons (Fsp3) is 0.625. The molecule has 3 heteroatoms. The molecule has 0 spiro atoms. The minimum Gasteiger partial charge on any atom is -0.371 e. The Kier molecular flexibility index (Phi) is 4.13. The van der Waals surface area contributed by atoms with Crippen molar-refractivity contribution in [3.63, 3.8) is 0 Å². The number of anilines is 1. The average Bonchev–Trinajstić information content (AvgIpc) is 3.21. The van der Waals surface area contributed by atoms with Crippen molar-refractivity contribution in [2.45, 2.75) is 45.2 Å². The molecule has 1 saturated carbocycles. The first-order chi connectivity index (χ1) is 9.22. The summed E-state index contributed by atoms with van der Waals surface area (Å²) in [4.78, 5) is 2.52. The van der Waals surface area contributed by atoms with E-state index in [0.717, 1.165) is 18.5 Å². The molecule has 1 N–H and O–H groups in total. The maximum absolute atomic E-state index is 3.73. The molecule has 1 aromatic carbocycles. The van der Waals surface area contributed by atoms with E-state index in [4.69, 9.17) is 0 Å². The molecule has 2 nitrogen and oxygen atoms in total. The van der Waals surface area contributed by atoms with E-state index >= 15 is 0 Å². The zero-order chi connectivity index (χ0) is 13.2. The quantitative estimate of drug-likeness (QED) is 0.903. The molecule has 0 bridgehead atoms. The van der Waals surface area contributed by atoms with Crippen LogP contribution >= 0.6 is 15.9 Å². The summed E-state index contributed by atoms with van der Waals surface area (Å²) in [5.74, 6) is 0.823. The standard InChI is InChI=1S/C16H23BrN2/c1-12-3-2-8-19(11-12)15-7-4-13(16(17)9-15)10-18-14-5-6-14/h4,7,9,12,14,18H,2-3,5-6,8,10-11H2,1H3. The van der Waals surface area contributed by atoms with Gasteiger partial charge < -0.3 is 10.2 Å². The first-order valence-corrected chi connectivity index (χ1v) is 8.28. The van der Waals surface area contributed by atoms with Crippen LogP contribution in [0.1, 0.15) is 38.2 Å². The van der Waals surface area contributed by atoms with Gasteiger partial charge in [0.15, 0.2) is 0 Å². The van der Waals surface area contributed by atoms with Gasteiger partial charge in [0.25, 0.3) is 0 Å². The molecule has 0 aromatic heterocycles. The van der Waals surface area contributed by atoms with Crippen molar-refractivity contribution in [3.05, 3.63) is 28.2 Å². The molecule has 104 valence electrons. The largest absolute Gasteiger partial charge is 0.371 e. The topological polar surface area (TPSA) is 15.3 Å². The number of halogens is 1. The van der Waals surface area contributed by atoms with Gasteiger partial charge in [-0.15, -0.1) is 0 Å². The van der Waals surface area contributed by atoms with Crippen LogP contribution in [0.25, 0.3) is 0 Å². The van der Waals surface area contributed by atoms with E-state index in [9.17, 15) is 0 Å². The summed E-state index contributed by atoms with van der Waals surface area (Å²) in [7, 11) is 0. The third kappa shape index (κ3) is 3.51. The number of rotatable bonds is 4. The Morgan fingerprint density at radius 3 is 2.84 bits per heavy atom. The second-order valence-corrected chi connectivity index (χ2v) is 6.98. The van der Waals surface area contributed by atoms with Crippen LogP contribution in [0.15, 0.2) is 22.7 Å². The lowest BCUT2D eigenvalue weighted by Crippen LogP contribution is -2.34. The average molecular weight is 323 g/mol. The molecule has 0 amide bonds. The molecule has 1 saturated heterocycles. The summed E-state index contributed by atoms with van der Waals surface area (Å²) in [6.07, 6.45) is 5.40. The monoisotopic (exact) mass is 322 g/mol. The van der Waals surface area contributed by atoms with E-state index < -0.39 is 0 Å². The third-order valence-corrected chi connectivity index (χ3v) is 4.96. The van der Waals surface area contributed by atoms with E-state index in [1.165, 1.54) is 54.5 Å². The van der Waals surface area contributed by atoms with Crippen LogP contribution in [0.3, 0.4) is 0 Å². The van der Waals surface area contributed by atoms with Crippen LogP contribution in [0.4, 0.5) is 5.69 Å². The van der Waals surface area contributed by atoms with Crippen LogP contribution < -0.4 is 10.2 Å². The van der Waals surface area contributed by atoms with Crippen molar-refractivity contribution in [3.8, 4) is 0 Å². The number of nitrogens with one attached hydrogen (secondary N) is 1. The predicted molar refractivity (Wildman–Crippen MR) is 84.6 cm³/mol. The Hall–Kier alpha value is -0.540. The van der Waals surface area contributed by atoms with Crippen LogP contribution in [0.2, 0.25) is 0 Å². The number of hydrogen-bond acceptors (Lipinski definition) is 2. The molecule has 1 unspecified atom stereocenters. The zero-order valence-electron chi connectivity index (χ0n) is 11.7. The van der Waals surface area contributed by atoms with Crippen molar-refractivity contribution < 1.29 is 0 Å². The summed E-state index contributed by atoms with van der Waals surface area (Å²) >= 11 is 3.73. The lowest BCUT2D eigenvalue weighted by molar-refractivity contribution is 0.447. The van der Waals surface area contributed by atoms with Crippen molar-refractivity contribution in [2.75, 3.05) is 18.0 Å². The summed E-state index contributed by atoms with van der Waals surface area (Å²) < 4.78 is 1.25. The number of nitrogens with zero attached hydrogens (tertiary/aromatic N) is 1. The van der Waals surface area contributed by atoms with Gasteiger partial charge in [-0.2, -0.15) is 0 Å². The van der Waals surface area contributed by atoms with Gasteiger partial charge in [-0.25, -0.2) is 0 Å². The highest BCUT2D eigenvalue weighted by Gasteiger charge is 2.21. The fourth-order valence-electron chi connectivity index (χ4n) is 2.84. The Balaban J connectivity index is 1.67. The highest BCUT2D eigenvalue weighted by molar-refractivity contribution is 9.10. The Morgan fingerprint density at radius 2 is 2.16 bits per heavy atom. The van der Waals surface area contributed by atoms with E-state index in [1.807, 2.05) is 0 Å². The Morgan fingerprint density at radius 1 is 1.32 bits per heavy atom. The molecule has 3 rings (SSSR count). The van der Waals surface area contributed by atoms with E-state index in [1.54, 1.807) is 0 Å². The van der Waals surface area contributed by atoms with Crippen LogP contribution in [-0.2, 0) is 6.54 Å². The summed E-state index contributed by atoms with van der Waals surface area (Å²) in [6, 6.07) is 7.62. The molecule has 1 heterocycles. The molecule has 1 aliphatic heterocycles. The molecule has 2 aliphatic rings. The lowest BCUT2D eigenvalue weighted by Gasteiger charge is -2.33. The summed E-state index contributed by atoms with van der Waals surface area (Å²) in [5, 5.41) is 3.58. The maximum Gasteiger partial charge on any atom is 0.0377 e. The van der Waals surface area contributed by atoms with E-state index in [0.29, 0.717) is 0 Å². The van der Waals surface area contributed by atoms with E-state index in [2.05, 4.69) is 51.3 Å². The van der Waals surface area contributed by atoms with Gasteiger partial charge in [-0.1, -0.05) is 28.9 Å². The van der Waals surface area contributed by atoms with Crippen molar-refractivity contribution >= 4 is 21.6 Å². The van der Waals surface area contributed by atoms with Gasteiger partial charge in [0.1, 0.15) is 0 Å². The van der Waals surface area contributed by atoms with Gasteiger partial charge in [0, 0.05) is 35.8 Å². The molecule has 1 atom stereocenters. The first kappa shape index (κ1) is 13.4. The molecule has 2 fully saturated rings. The third-order valence-electron chi connectivity index (χ3n) is 4.22. The second kappa shape index (κ2) is 5.84. The normalized spacial score (nSPS) is 23.7. The fourth-order valence-corrected chi connectivity index (χ4v) is 3.35. The molecule has 1 aromatic rings. The predicted octanol–water partition coefficient (Wildman–Crippen LogP) is 3.94. The molecular formula is C16H23BrN2. The van der Waals surface area contributed by atoms with Crippen LogP contribution in [0, 0.1) is 5.92 Å². The summed E-state index contributed by atoms with van der Waals surface area (Å²) in [5.41, 5.74) is 2.74. The van der Waals surface area contributed by atoms with Crippen molar-refractivity contribution in [2.24, 2.45) is 5.92 Å². The van der Waals surface area contributed by atoms with Gasteiger partial charge in [0.05, 0.1) is 0 Å². The minimum atomic E-state index is 0.773. The van der Waals surface area contributed by atoms with Crippen molar-refractivity contribution in [1.29, 1.82) is 0 Å². The first-order valence-electron chi connectivity index (χ1n) is 7.49. The van der Waals surface area contributed by atoms with Gasteiger partial charge in [-0.3, -0.25) is 0 Å². The Bertz CT molecular complexity index is 442.